The number of aryl methyl sites for hydroxylation is 3. The van der Waals surface area contributed by atoms with Crippen LogP contribution in [0.3, 0.4) is 0 Å². The van der Waals surface area contributed by atoms with Gasteiger partial charge in [0.1, 0.15) is 11.7 Å². The van der Waals surface area contributed by atoms with E-state index < -0.39 is 18.3 Å². The minimum absolute atomic E-state index is 0.476. The zero-order chi connectivity index (χ0) is 20.4. The number of benzene rings is 1. The standard InChI is InChI=1S/C20H21F3N6/c1-13-2-4-14(5-3-13)7-9-29-11-17(25-12-29)16-10-15(6-8-24-16)18-19(20(21,22)23)27-28-26-18/h2-6,8,10-12,18-19,26-28H,7,9H2,1H3. The molecule has 4 rings (SSSR count). The van der Waals surface area contributed by atoms with Crippen molar-refractivity contribution in [2.24, 2.45) is 0 Å². The lowest BCUT2D eigenvalue weighted by molar-refractivity contribution is -0.156. The van der Waals surface area contributed by atoms with Crippen molar-refractivity contribution >= 4 is 0 Å². The van der Waals surface area contributed by atoms with E-state index >= 15 is 0 Å². The fraction of sp³-hybridized carbons (Fsp3) is 0.300. The number of pyridine rings is 1. The van der Waals surface area contributed by atoms with Crippen molar-refractivity contribution in [3.63, 3.8) is 0 Å². The van der Waals surface area contributed by atoms with Crippen LogP contribution in [0.25, 0.3) is 11.4 Å². The van der Waals surface area contributed by atoms with Crippen molar-refractivity contribution in [2.75, 3.05) is 0 Å². The molecule has 9 heteroatoms. The monoisotopic (exact) mass is 402 g/mol. The number of hydrogen-bond donors (Lipinski definition) is 3. The number of hydrogen-bond acceptors (Lipinski definition) is 5. The number of halogens is 3. The molecule has 0 amide bonds. The number of rotatable bonds is 5. The molecule has 1 aliphatic heterocycles. The third-order valence-electron chi connectivity index (χ3n) is 4.96. The number of hydrazine groups is 2. The van der Waals surface area contributed by atoms with Gasteiger partial charge in [0.15, 0.2) is 0 Å². The second kappa shape index (κ2) is 7.94. The molecule has 3 aromatic rings. The first-order valence-electron chi connectivity index (χ1n) is 9.26. The summed E-state index contributed by atoms with van der Waals surface area (Å²) >= 11 is 0. The van der Waals surface area contributed by atoms with Gasteiger partial charge in [0.2, 0.25) is 0 Å². The average molecular weight is 402 g/mol. The highest BCUT2D eigenvalue weighted by molar-refractivity contribution is 5.54. The molecule has 0 aliphatic carbocycles. The van der Waals surface area contributed by atoms with E-state index in [4.69, 9.17) is 0 Å². The van der Waals surface area contributed by atoms with Crippen molar-refractivity contribution in [1.82, 2.24) is 30.9 Å². The quantitative estimate of drug-likeness (QED) is 0.612. The van der Waals surface area contributed by atoms with Gasteiger partial charge in [-0.1, -0.05) is 29.8 Å². The minimum Gasteiger partial charge on any atom is -0.336 e. The van der Waals surface area contributed by atoms with Gasteiger partial charge in [-0.25, -0.2) is 15.8 Å². The molecule has 152 valence electrons. The number of alkyl halides is 3. The van der Waals surface area contributed by atoms with Gasteiger partial charge in [0, 0.05) is 18.9 Å². The number of imidazole rings is 1. The van der Waals surface area contributed by atoms with Gasteiger partial charge in [-0.05, 0) is 36.6 Å². The lowest BCUT2D eigenvalue weighted by Gasteiger charge is -2.21. The van der Waals surface area contributed by atoms with Crippen LogP contribution >= 0.6 is 0 Å². The first kappa shape index (κ1) is 19.6. The van der Waals surface area contributed by atoms with Gasteiger partial charge in [0.25, 0.3) is 0 Å². The van der Waals surface area contributed by atoms with Gasteiger partial charge >= 0.3 is 6.18 Å². The van der Waals surface area contributed by atoms with E-state index in [2.05, 4.69) is 57.5 Å². The summed E-state index contributed by atoms with van der Waals surface area (Å²) in [4.78, 5) is 8.66. The fourth-order valence-corrected chi connectivity index (χ4v) is 3.32. The lowest BCUT2D eigenvalue weighted by Crippen LogP contribution is -2.43. The molecule has 29 heavy (non-hydrogen) atoms. The third kappa shape index (κ3) is 4.47. The van der Waals surface area contributed by atoms with Gasteiger partial charge in [-0.3, -0.25) is 4.98 Å². The van der Waals surface area contributed by atoms with Crippen molar-refractivity contribution in [1.29, 1.82) is 0 Å². The van der Waals surface area contributed by atoms with Gasteiger partial charge in [0.05, 0.1) is 18.1 Å². The van der Waals surface area contributed by atoms with Crippen molar-refractivity contribution < 1.29 is 13.2 Å². The highest BCUT2D eigenvalue weighted by atomic mass is 19.4. The summed E-state index contributed by atoms with van der Waals surface area (Å²) in [5.41, 5.74) is 11.3. The van der Waals surface area contributed by atoms with Crippen LogP contribution in [0, 0.1) is 6.92 Å². The summed E-state index contributed by atoms with van der Waals surface area (Å²) < 4.78 is 41.5. The van der Waals surface area contributed by atoms with Crippen LogP contribution in [0.4, 0.5) is 13.2 Å². The number of aromatic nitrogens is 3. The molecule has 1 saturated heterocycles. The Balaban J connectivity index is 1.48. The zero-order valence-corrected chi connectivity index (χ0v) is 15.7. The molecule has 2 aromatic heterocycles. The molecule has 3 N–H and O–H groups in total. The Hall–Kier alpha value is -2.75. The van der Waals surface area contributed by atoms with Crippen LogP contribution in [0.5, 0.6) is 0 Å². The average Bonchev–Trinajstić information content (AvgIpc) is 3.37. The second-order valence-electron chi connectivity index (χ2n) is 7.12. The summed E-state index contributed by atoms with van der Waals surface area (Å²) in [5, 5.41) is 0. The molecular weight excluding hydrogens is 381 g/mol. The summed E-state index contributed by atoms with van der Waals surface area (Å²) in [6, 6.07) is 8.89. The number of nitrogens with zero attached hydrogens (tertiary/aromatic N) is 3. The molecule has 3 heterocycles. The van der Waals surface area contributed by atoms with E-state index in [9.17, 15) is 13.2 Å². The van der Waals surface area contributed by atoms with Crippen LogP contribution in [0.2, 0.25) is 0 Å². The van der Waals surface area contributed by atoms with Crippen LogP contribution < -0.4 is 16.4 Å². The van der Waals surface area contributed by atoms with E-state index in [1.54, 1.807) is 18.5 Å². The normalized spacial score (nSPS) is 19.6. The lowest BCUT2D eigenvalue weighted by atomic mass is 10.0. The Morgan fingerprint density at radius 2 is 1.83 bits per heavy atom. The largest absolute Gasteiger partial charge is 0.407 e. The Morgan fingerprint density at radius 3 is 2.59 bits per heavy atom. The molecule has 1 fully saturated rings. The molecule has 2 unspecified atom stereocenters. The summed E-state index contributed by atoms with van der Waals surface area (Å²) in [6.45, 7) is 2.81. The van der Waals surface area contributed by atoms with E-state index in [0.717, 1.165) is 13.0 Å². The first-order valence-corrected chi connectivity index (χ1v) is 9.26. The summed E-state index contributed by atoms with van der Waals surface area (Å²) in [6.07, 6.45) is 1.55. The Bertz CT molecular complexity index is 967. The van der Waals surface area contributed by atoms with Crippen molar-refractivity contribution in [3.05, 3.63) is 71.8 Å². The van der Waals surface area contributed by atoms with Gasteiger partial charge < -0.3 is 4.57 Å². The van der Waals surface area contributed by atoms with Crippen molar-refractivity contribution in [2.45, 2.75) is 38.1 Å². The van der Waals surface area contributed by atoms with Crippen LogP contribution in [-0.4, -0.2) is 26.8 Å². The highest BCUT2D eigenvalue weighted by Gasteiger charge is 2.48. The van der Waals surface area contributed by atoms with Crippen LogP contribution in [0.15, 0.2) is 55.1 Å². The predicted molar refractivity (Wildman–Crippen MR) is 102 cm³/mol. The second-order valence-corrected chi connectivity index (χ2v) is 7.12. The molecule has 0 radical (unpaired) electrons. The Morgan fingerprint density at radius 1 is 1.03 bits per heavy atom. The van der Waals surface area contributed by atoms with Crippen molar-refractivity contribution in [3.8, 4) is 11.4 Å². The van der Waals surface area contributed by atoms with Gasteiger partial charge in [-0.2, -0.15) is 18.7 Å². The smallest absolute Gasteiger partial charge is 0.336 e. The molecule has 1 aromatic carbocycles. The van der Waals surface area contributed by atoms with E-state index in [1.165, 1.54) is 17.3 Å². The summed E-state index contributed by atoms with van der Waals surface area (Å²) in [7, 11) is 0. The minimum atomic E-state index is -4.39. The van der Waals surface area contributed by atoms with Gasteiger partial charge in [-0.15, -0.1) is 0 Å². The molecule has 6 nitrogen and oxygen atoms in total. The molecule has 0 spiro atoms. The van der Waals surface area contributed by atoms with Crippen LogP contribution in [-0.2, 0) is 13.0 Å². The molecule has 0 bridgehead atoms. The fourth-order valence-electron chi connectivity index (χ4n) is 3.32. The number of nitrogens with one attached hydrogen (secondary N) is 3. The topological polar surface area (TPSA) is 66.8 Å². The van der Waals surface area contributed by atoms with E-state index in [0.29, 0.717) is 17.0 Å². The SMILES string of the molecule is Cc1ccc(CCn2cnc(-c3cc(C4NNNC4C(F)(F)F)ccn3)c2)cc1. The maximum Gasteiger partial charge on any atom is 0.407 e. The highest BCUT2D eigenvalue weighted by Crippen LogP contribution is 2.32. The van der Waals surface area contributed by atoms with E-state index in [-0.39, 0.29) is 0 Å². The Labute approximate surface area is 166 Å². The third-order valence-corrected chi connectivity index (χ3v) is 4.96. The first-order chi connectivity index (χ1) is 13.9. The molecule has 0 saturated carbocycles. The summed E-state index contributed by atoms with van der Waals surface area (Å²) in [5.74, 6) is 0. The molecular formula is C20H21F3N6. The maximum atomic E-state index is 13.2. The Kier molecular flexibility index (Phi) is 5.35. The van der Waals surface area contributed by atoms with E-state index in [1.807, 2.05) is 10.8 Å². The maximum absolute atomic E-state index is 13.2. The zero-order valence-electron chi connectivity index (χ0n) is 15.7. The molecule has 2 atom stereocenters. The van der Waals surface area contributed by atoms with Crippen LogP contribution in [0.1, 0.15) is 22.7 Å². The molecule has 1 aliphatic rings. The predicted octanol–water partition coefficient (Wildman–Crippen LogP) is 3.08.